The van der Waals surface area contributed by atoms with E-state index in [1.54, 1.807) is 11.8 Å². The van der Waals surface area contributed by atoms with Gasteiger partial charge < -0.3 is 5.32 Å². The first kappa shape index (κ1) is 16.1. The fourth-order valence-corrected chi connectivity index (χ4v) is 4.08. The third-order valence-electron chi connectivity index (χ3n) is 4.46. The van der Waals surface area contributed by atoms with Crippen LogP contribution in [0.3, 0.4) is 0 Å². The van der Waals surface area contributed by atoms with Crippen LogP contribution in [0.2, 0.25) is 0 Å². The van der Waals surface area contributed by atoms with Gasteiger partial charge in [0.2, 0.25) is 5.91 Å². The molecule has 0 saturated heterocycles. The molecule has 1 atom stereocenters. The van der Waals surface area contributed by atoms with E-state index in [9.17, 15) is 4.79 Å². The van der Waals surface area contributed by atoms with Crippen molar-refractivity contribution in [1.29, 1.82) is 0 Å². The van der Waals surface area contributed by atoms with E-state index in [0.29, 0.717) is 5.75 Å². The zero-order chi connectivity index (χ0) is 16.1. The fraction of sp³-hybridized carbons (Fsp3) is 0.350. The lowest BCUT2D eigenvalue weighted by Crippen LogP contribution is -2.32. The van der Waals surface area contributed by atoms with Gasteiger partial charge in [-0.3, -0.25) is 4.79 Å². The molecule has 3 rings (SSSR count). The summed E-state index contributed by atoms with van der Waals surface area (Å²) in [5.41, 5.74) is 5.29. The smallest absolute Gasteiger partial charge is 0.230 e. The Bertz CT molecular complexity index is 683. The largest absolute Gasteiger partial charge is 0.349 e. The average Bonchev–Trinajstić information content (AvgIpc) is 2.57. The fourth-order valence-electron chi connectivity index (χ4n) is 3.17. The molecule has 2 aromatic rings. The van der Waals surface area contributed by atoms with E-state index < -0.39 is 0 Å². The zero-order valence-corrected chi connectivity index (χ0v) is 14.4. The summed E-state index contributed by atoms with van der Waals surface area (Å²) in [5.74, 6) is 1.55. The Morgan fingerprint density at radius 2 is 1.96 bits per heavy atom. The van der Waals surface area contributed by atoms with E-state index in [-0.39, 0.29) is 11.9 Å². The first-order valence-corrected chi connectivity index (χ1v) is 9.39. The Balaban J connectivity index is 1.52. The Labute approximate surface area is 142 Å². The lowest BCUT2D eigenvalue weighted by molar-refractivity contribution is -0.119. The molecule has 1 aliphatic rings. The van der Waals surface area contributed by atoms with E-state index in [0.717, 1.165) is 25.0 Å². The van der Waals surface area contributed by atoms with E-state index in [1.807, 2.05) is 0 Å². The van der Waals surface area contributed by atoms with Crippen LogP contribution in [0.5, 0.6) is 0 Å². The van der Waals surface area contributed by atoms with E-state index in [2.05, 4.69) is 60.8 Å². The van der Waals surface area contributed by atoms with Crippen molar-refractivity contribution in [2.45, 2.75) is 38.0 Å². The molecule has 0 bridgehead atoms. The van der Waals surface area contributed by atoms with Gasteiger partial charge in [-0.15, -0.1) is 11.8 Å². The molecular weight excluding hydrogens is 302 g/mol. The van der Waals surface area contributed by atoms with Gasteiger partial charge in [0.05, 0.1) is 11.8 Å². The average molecular weight is 325 g/mol. The van der Waals surface area contributed by atoms with Crippen LogP contribution in [0, 0.1) is 6.92 Å². The maximum absolute atomic E-state index is 12.3. The van der Waals surface area contributed by atoms with Crippen molar-refractivity contribution in [2.24, 2.45) is 0 Å². The summed E-state index contributed by atoms with van der Waals surface area (Å²) < 4.78 is 0. The number of aryl methyl sites for hydroxylation is 2. The number of nitrogens with one attached hydrogen (secondary N) is 1. The van der Waals surface area contributed by atoms with Crippen molar-refractivity contribution < 1.29 is 4.79 Å². The Hall–Kier alpha value is -1.74. The highest BCUT2D eigenvalue weighted by Gasteiger charge is 2.21. The van der Waals surface area contributed by atoms with Gasteiger partial charge in [-0.2, -0.15) is 0 Å². The van der Waals surface area contributed by atoms with Crippen molar-refractivity contribution in [3.63, 3.8) is 0 Å². The van der Waals surface area contributed by atoms with E-state index in [4.69, 9.17) is 0 Å². The van der Waals surface area contributed by atoms with Crippen LogP contribution < -0.4 is 5.32 Å². The second kappa shape index (κ2) is 7.69. The summed E-state index contributed by atoms with van der Waals surface area (Å²) in [6.45, 7) is 2.12. The molecule has 3 heteroatoms. The number of hydrogen-bond donors (Lipinski definition) is 1. The molecule has 1 aliphatic carbocycles. The first-order valence-electron chi connectivity index (χ1n) is 8.23. The predicted molar refractivity (Wildman–Crippen MR) is 97.6 cm³/mol. The molecule has 1 amide bonds. The van der Waals surface area contributed by atoms with Crippen molar-refractivity contribution in [3.8, 4) is 0 Å². The summed E-state index contributed by atoms with van der Waals surface area (Å²) in [7, 11) is 0. The number of amides is 1. The van der Waals surface area contributed by atoms with Crippen LogP contribution in [0.15, 0.2) is 48.5 Å². The highest BCUT2D eigenvalue weighted by molar-refractivity contribution is 7.99. The topological polar surface area (TPSA) is 29.1 Å². The molecule has 0 heterocycles. The molecule has 2 nitrogen and oxygen atoms in total. The van der Waals surface area contributed by atoms with Crippen LogP contribution in [0.1, 0.15) is 41.1 Å². The number of benzene rings is 2. The predicted octanol–water partition coefficient (Wildman–Crippen LogP) is 4.42. The highest BCUT2D eigenvalue weighted by atomic mass is 32.2. The molecule has 120 valence electrons. The number of thioether (sulfide) groups is 1. The van der Waals surface area contributed by atoms with Crippen LogP contribution >= 0.6 is 11.8 Å². The SMILES string of the molecule is Cc1ccccc1CSCC(=O)NC1CCCc2ccccc21. The van der Waals surface area contributed by atoms with Gasteiger partial charge in [0.25, 0.3) is 0 Å². The Morgan fingerprint density at radius 1 is 1.17 bits per heavy atom. The van der Waals surface area contributed by atoms with Gasteiger partial charge in [0, 0.05) is 5.75 Å². The first-order chi connectivity index (χ1) is 11.2. The third-order valence-corrected chi connectivity index (χ3v) is 5.44. The van der Waals surface area contributed by atoms with Crippen LogP contribution in [-0.4, -0.2) is 11.7 Å². The number of hydrogen-bond acceptors (Lipinski definition) is 2. The molecule has 0 saturated carbocycles. The van der Waals surface area contributed by atoms with Gasteiger partial charge in [-0.1, -0.05) is 48.5 Å². The maximum Gasteiger partial charge on any atom is 0.230 e. The van der Waals surface area contributed by atoms with Crippen molar-refractivity contribution in [3.05, 3.63) is 70.8 Å². The Morgan fingerprint density at radius 3 is 2.83 bits per heavy atom. The van der Waals surface area contributed by atoms with Gasteiger partial charge in [0.15, 0.2) is 0 Å². The molecule has 0 aromatic heterocycles. The van der Waals surface area contributed by atoms with Crippen molar-refractivity contribution >= 4 is 17.7 Å². The summed E-state index contributed by atoms with van der Waals surface area (Å²) in [6.07, 6.45) is 3.33. The molecule has 0 radical (unpaired) electrons. The van der Waals surface area contributed by atoms with E-state index in [1.165, 1.54) is 22.3 Å². The zero-order valence-electron chi connectivity index (χ0n) is 13.5. The minimum Gasteiger partial charge on any atom is -0.349 e. The van der Waals surface area contributed by atoms with Gasteiger partial charge >= 0.3 is 0 Å². The molecule has 23 heavy (non-hydrogen) atoms. The minimum atomic E-state index is 0.144. The molecule has 0 aliphatic heterocycles. The molecule has 1 N–H and O–H groups in total. The van der Waals surface area contributed by atoms with Gasteiger partial charge in [-0.25, -0.2) is 0 Å². The molecule has 0 fully saturated rings. The molecular formula is C20H23NOS. The standard InChI is InChI=1S/C20H23NOS/c1-15-7-2-3-9-17(15)13-23-14-20(22)21-19-12-6-10-16-8-4-5-11-18(16)19/h2-5,7-9,11,19H,6,10,12-14H2,1H3,(H,21,22). The number of fused-ring (bicyclic) bond motifs is 1. The molecule has 1 unspecified atom stereocenters. The lowest BCUT2D eigenvalue weighted by atomic mass is 9.88. The summed E-state index contributed by atoms with van der Waals surface area (Å²) in [5, 5.41) is 3.22. The van der Waals surface area contributed by atoms with Crippen LogP contribution in [0.25, 0.3) is 0 Å². The monoisotopic (exact) mass is 325 g/mol. The summed E-state index contributed by atoms with van der Waals surface area (Å²) in [6, 6.07) is 17.0. The number of carbonyl (C=O) groups is 1. The van der Waals surface area contributed by atoms with Gasteiger partial charge in [-0.05, 0) is 48.4 Å². The summed E-state index contributed by atoms with van der Waals surface area (Å²) >= 11 is 1.69. The third kappa shape index (κ3) is 4.17. The number of carbonyl (C=O) groups excluding carboxylic acids is 1. The van der Waals surface area contributed by atoms with E-state index >= 15 is 0 Å². The highest BCUT2D eigenvalue weighted by Crippen LogP contribution is 2.29. The number of rotatable bonds is 5. The Kier molecular flexibility index (Phi) is 5.39. The molecule has 2 aromatic carbocycles. The quantitative estimate of drug-likeness (QED) is 0.881. The summed E-state index contributed by atoms with van der Waals surface area (Å²) in [4.78, 5) is 12.3. The van der Waals surface area contributed by atoms with Crippen molar-refractivity contribution in [1.82, 2.24) is 5.32 Å². The van der Waals surface area contributed by atoms with Crippen molar-refractivity contribution in [2.75, 3.05) is 5.75 Å². The normalized spacial score (nSPS) is 16.7. The lowest BCUT2D eigenvalue weighted by Gasteiger charge is -2.26. The van der Waals surface area contributed by atoms with Crippen LogP contribution in [-0.2, 0) is 17.0 Å². The minimum absolute atomic E-state index is 0.144. The second-order valence-electron chi connectivity index (χ2n) is 6.13. The maximum atomic E-state index is 12.3. The van der Waals surface area contributed by atoms with Crippen LogP contribution in [0.4, 0.5) is 0 Å². The second-order valence-corrected chi connectivity index (χ2v) is 7.12. The van der Waals surface area contributed by atoms with Gasteiger partial charge in [0.1, 0.15) is 0 Å². The molecule has 0 spiro atoms.